The third-order valence-corrected chi connectivity index (χ3v) is 3.09. The Morgan fingerprint density at radius 2 is 2.12 bits per heavy atom. The first-order chi connectivity index (χ1) is 7.34. The van der Waals surface area contributed by atoms with Crippen LogP contribution >= 0.6 is 0 Å². The van der Waals surface area contributed by atoms with Crippen molar-refractivity contribution >= 4 is 11.8 Å². The quantitative estimate of drug-likeness (QED) is 0.302. The number of esters is 1. The van der Waals surface area contributed by atoms with Gasteiger partial charge in [-0.25, -0.2) is 4.79 Å². The van der Waals surface area contributed by atoms with Gasteiger partial charge >= 0.3 is 5.97 Å². The summed E-state index contributed by atoms with van der Waals surface area (Å²) < 4.78 is 4.46. The van der Waals surface area contributed by atoms with Gasteiger partial charge in [0.2, 0.25) is 5.54 Å². The van der Waals surface area contributed by atoms with E-state index >= 15 is 0 Å². The van der Waals surface area contributed by atoms with Crippen molar-refractivity contribution in [2.45, 2.75) is 32.2 Å². The van der Waals surface area contributed by atoms with E-state index in [4.69, 9.17) is 0 Å². The highest BCUT2D eigenvalue weighted by atomic mass is 16.6. The zero-order chi connectivity index (χ0) is 12.5. The maximum atomic E-state index is 11.5. The molecule has 1 atom stereocenters. The molecule has 0 spiro atoms. The van der Waals surface area contributed by atoms with Gasteiger partial charge in [-0.15, -0.1) is 0 Å². The highest BCUT2D eigenvalue weighted by Gasteiger charge is 2.47. The fourth-order valence-electron chi connectivity index (χ4n) is 1.75. The molecule has 0 bridgehead atoms. The zero-order valence-electron chi connectivity index (χ0n) is 9.40. The van der Waals surface area contributed by atoms with Crippen LogP contribution in [0.15, 0.2) is 11.1 Å². The predicted molar refractivity (Wildman–Crippen MR) is 54.4 cm³/mol. The minimum atomic E-state index is -1.35. The third kappa shape index (κ3) is 1.70. The third-order valence-electron chi connectivity index (χ3n) is 3.09. The van der Waals surface area contributed by atoms with Crippen molar-refractivity contribution in [1.29, 1.82) is 0 Å². The van der Waals surface area contributed by atoms with E-state index in [0.29, 0.717) is 0 Å². The van der Waals surface area contributed by atoms with Gasteiger partial charge in [0.15, 0.2) is 5.78 Å². The molecule has 16 heavy (non-hydrogen) atoms. The lowest BCUT2D eigenvalue weighted by Crippen LogP contribution is -2.42. The summed E-state index contributed by atoms with van der Waals surface area (Å²) in [4.78, 5) is 33.4. The molecule has 1 unspecified atom stereocenters. The Morgan fingerprint density at radius 3 is 2.56 bits per heavy atom. The minimum absolute atomic E-state index is 0.000741. The Kier molecular flexibility index (Phi) is 3.11. The van der Waals surface area contributed by atoms with Crippen LogP contribution in [0.3, 0.4) is 0 Å². The second-order valence-electron chi connectivity index (χ2n) is 3.95. The standard InChI is InChI=1S/C10H13NO5/c1-6-8(9(13)16-3)7(12)4-5-10(6,2)11(14)15/h4-5H2,1-3H3. The van der Waals surface area contributed by atoms with Crippen molar-refractivity contribution in [2.75, 3.05) is 7.11 Å². The first kappa shape index (κ1) is 12.4. The van der Waals surface area contributed by atoms with Crippen molar-refractivity contribution < 1.29 is 19.2 Å². The van der Waals surface area contributed by atoms with Crippen molar-refractivity contribution in [3.8, 4) is 0 Å². The van der Waals surface area contributed by atoms with E-state index in [1.54, 1.807) is 0 Å². The topological polar surface area (TPSA) is 86.5 Å². The van der Waals surface area contributed by atoms with Crippen LogP contribution < -0.4 is 0 Å². The lowest BCUT2D eigenvalue weighted by Gasteiger charge is -2.27. The van der Waals surface area contributed by atoms with Crippen LogP contribution in [0.1, 0.15) is 26.7 Å². The molecular weight excluding hydrogens is 214 g/mol. The summed E-state index contributed by atoms with van der Waals surface area (Å²) in [6.45, 7) is 2.85. The summed E-state index contributed by atoms with van der Waals surface area (Å²) in [5.74, 6) is -1.18. The molecule has 0 heterocycles. The molecule has 0 amide bonds. The summed E-state index contributed by atoms with van der Waals surface area (Å²) in [6.07, 6.45) is 0.115. The number of hydrogen-bond donors (Lipinski definition) is 0. The van der Waals surface area contributed by atoms with E-state index in [9.17, 15) is 19.7 Å². The molecule has 0 aliphatic heterocycles. The molecule has 88 valence electrons. The molecule has 0 saturated carbocycles. The van der Waals surface area contributed by atoms with Gasteiger partial charge in [-0.1, -0.05) is 0 Å². The summed E-state index contributed by atoms with van der Waals surface area (Å²) in [7, 11) is 1.15. The number of nitro groups is 1. The lowest BCUT2D eigenvalue weighted by atomic mass is 9.78. The Bertz CT molecular complexity index is 398. The Balaban J connectivity index is 3.33. The second kappa shape index (κ2) is 4.03. The van der Waals surface area contributed by atoms with Crippen LogP contribution in [0.2, 0.25) is 0 Å². The number of rotatable bonds is 2. The van der Waals surface area contributed by atoms with Gasteiger partial charge in [0.25, 0.3) is 0 Å². The molecule has 0 N–H and O–H groups in total. The highest BCUT2D eigenvalue weighted by Crippen LogP contribution is 2.34. The Labute approximate surface area is 92.4 Å². The molecule has 0 radical (unpaired) electrons. The molecule has 0 aromatic rings. The van der Waals surface area contributed by atoms with E-state index < -0.39 is 16.4 Å². The Hall–Kier alpha value is -1.72. The zero-order valence-corrected chi connectivity index (χ0v) is 9.40. The molecule has 1 rings (SSSR count). The van der Waals surface area contributed by atoms with E-state index in [0.717, 1.165) is 7.11 Å². The number of carbonyl (C=O) groups is 2. The molecule has 6 nitrogen and oxygen atoms in total. The van der Waals surface area contributed by atoms with Crippen molar-refractivity contribution in [3.05, 3.63) is 21.3 Å². The lowest BCUT2D eigenvalue weighted by molar-refractivity contribution is -0.554. The summed E-state index contributed by atoms with van der Waals surface area (Å²) >= 11 is 0. The maximum absolute atomic E-state index is 11.5. The molecule has 0 aromatic heterocycles. The van der Waals surface area contributed by atoms with Gasteiger partial charge < -0.3 is 4.74 Å². The van der Waals surface area contributed by atoms with E-state index in [2.05, 4.69) is 4.74 Å². The average molecular weight is 227 g/mol. The monoisotopic (exact) mass is 227 g/mol. The van der Waals surface area contributed by atoms with Crippen LogP contribution in [0.5, 0.6) is 0 Å². The first-order valence-corrected chi connectivity index (χ1v) is 4.82. The molecule has 0 aromatic carbocycles. The van der Waals surface area contributed by atoms with Gasteiger partial charge in [0, 0.05) is 30.3 Å². The largest absolute Gasteiger partial charge is 0.465 e. The molecular formula is C10H13NO5. The number of nitrogens with zero attached hydrogens (tertiary/aromatic N) is 1. The van der Waals surface area contributed by atoms with Crippen LogP contribution in [0.4, 0.5) is 0 Å². The number of ketones is 1. The van der Waals surface area contributed by atoms with Crippen molar-refractivity contribution in [2.24, 2.45) is 0 Å². The summed E-state index contributed by atoms with van der Waals surface area (Å²) in [6, 6.07) is 0. The van der Waals surface area contributed by atoms with Crippen LogP contribution in [-0.4, -0.2) is 29.3 Å². The minimum Gasteiger partial charge on any atom is -0.465 e. The van der Waals surface area contributed by atoms with Gasteiger partial charge in [-0.3, -0.25) is 14.9 Å². The fourth-order valence-corrected chi connectivity index (χ4v) is 1.75. The first-order valence-electron chi connectivity index (χ1n) is 4.82. The van der Waals surface area contributed by atoms with Gasteiger partial charge in [-0.2, -0.15) is 0 Å². The molecule has 1 aliphatic rings. The number of ether oxygens (including phenoxy) is 1. The molecule has 0 fully saturated rings. The Morgan fingerprint density at radius 1 is 1.56 bits per heavy atom. The van der Waals surface area contributed by atoms with Crippen molar-refractivity contribution in [3.63, 3.8) is 0 Å². The van der Waals surface area contributed by atoms with E-state index in [1.165, 1.54) is 13.8 Å². The predicted octanol–water partition coefficient (Wildman–Crippen LogP) is 0.874. The maximum Gasteiger partial charge on any atom is 0.341 e. The smallest absolute Gasteiger partial charge is 0.341 e. The molecule has 6 heteroatoms. The number of hydrogen-bond acceptors (Lipinski definition) is 5. The summed E-state index contributed by atoms with van der Waals surface area (Å²) in [5.41, 5.74) is -1.34. The fraction of sp³-hybridized carbons (Fsp3) is 0.600. The second-order valence-corrected chi connectivity index (χ2v) is 3.95. The SMILES string of the molecule is COC(=O)C1=C(C)C(C)([N+](=O)[O-])CCC1=O. The van der Waals surface area contributed by atoms with Gasteiger partial charge in [0.1, 0.15) is 5.57 Å². The van der Waals surface area contributed by atoms with Crippen LogP contribution in [-0.2, 0) is 14.3 Å². The molecule has 0 saturated heterocycles. The summed E-state index contributed by atoms with van der Waals surface area (Å²) in [5, 5.41) is 11.0. The van der Waals surface area contributed by atoms with Crippen molar-refractivity contribution in [1.82, 2.24) is 0 Å². The van der Waals surface area contributed by atoms with E-state index in [1.807, 2.05) is 0 Å². The average Bonchev–Trinajstić information content (AvgIpc) is 2.23. The van der Waals surface area contributed by atoms with Gasteiger partial charge in [0.05, 0.1) is 7.11 Å². The number of carbonyl (C=O) groups excluding carboxylic acids is 2. The van der Waals surface area contributed by atoms with Crippen LogP contribution in [0, 0.1) is 10.1 Å². The number of Topliss-reactive ketones (excluding diaryl/α,β-unsaturated/α-hetero) is 1. The van der Waals surface area contributed by atoms with Gasteiger partial charge in [-0.05, 0) is 6.92 Å². The van der Waals surface area contributed by atoms with E-state index in [-0.39, 0.29) is 29.8 Å². The number of methoxy groups -OCH3 is 1. The highest BCUT2D eigenvalue weighted by molar-refractivity contribution is 6.18. The van der Waals surface area contributed by atoms with Crippen LogP contribution in [0.25, 0.3) is 0 Å². The normalized spacial score (nSPS) is 25.6. The molecule has 1 aliphatic carbocycles.